The normalized spacial score (nSPS) is 11.4. The van der Waals surface area contributed by atoms with Crippen molar-refractivity contribution in [2.45, 2.75) is 13.8 Å². The third-order valence-corrected chi connectivity index (χ3v) is 9.81. The molecule has 2 heterocycles. The fourth-order valence-electron chi connectivity index (χ4n) is 7.18. The highest BCUT2D eigenvalue weighted by Crippen LogP contribution is 2.40. The number of nitrogens with zero attached hydrogens (tertiary/aromatic N) is 2. The van der Waals surface area contributed by atoms with Crippen LogP contribution in [0.15, 0.2) is 170 Å². The lowest BCUT2D eigenvalue weighted by Crippen LogP contribution is -1.94. The first kappa shape index (κ1) is 29.7. The predicted octanol–water partition coefficient (Wildman–Crippen LogP) is 12.9. The van der Waals surface area contributed by atoms with Gasteiger partial charge in [0.15, 0.2) is 0 Å². The molecule has 236 valence electrons. The van der Waals surface area contributed by atoms with Crippen LogP contribution in [0.2, 0.25) is 0 Å². The Balaban J connectivity index is 1.34. The fraction of sp³-hybridized carbons (Fsp3) is 0.0417. The predicted molar refractivity (Wildman–Crippen MR) is 211 cm³/mol. The number of rotatable bonds is 5. The fourth-order valence-corrected chi connectivity index (χ4v) is 7.18. The van der Waals surface area contributed by atoms with Gasteiger partial charge in [0.25, 0.3) is 0 Å². The summed E-state index contributed by atoms with van der Waals surface area (Å²) in [5.74, 6) is 0. The lowest BCUT2D eigenvalue weighted by Gasteiger charge is -2.16. The Kier molecular flexibility index (Phi) is 7.29. The van der Waals surface area contributed by atoms with Gasteiger partial charge < -0.3 is 0 Å². The molecule has 9 rings (SSSR count). The number of hydrogen-bond acceptors (Lipinski definition) is 2. The second-order valence-corrected chi connectivity index (χ2v) is 13.2. The second kappa shape index (κ2) is 12.3. The zero-order valence-electron chi connectivity index (χ0n) is 28.1. The molecule has 0 aliphatic rings. The molecule has 0 aliphatic heterocycles. The number of hydrogen-bond donors (Lipinski definition) is 0. The topological polar surface area (TPSA) is 25.8 Å². The summed E-state index contributed by atoms with van der Waals surface area (Å²) in [5.41, 5.74) is 14.4. The summed E-state index contributed by atoms with van der Waals surface area (Å²) < 4.78 is 0. The van der Waals surface area contributed by atoms with Crippen LogP contribution in [0.25, 0.3) is 88.3 Å². The molecule has 0 fully saturated rings. The number of pyridine rings is 2. The van der Waals surface area contributed by atoms with Crippen LogP contribution in [0.4, 0.5) is 0 Å². The molecule has 0 saturated heterocycles. The van der Waals surface area contributed by atoms with E-state index in [4.69, 9.17) is 9.97 Å². The molecule has 2 heteroatoms. The highest BCUT2D eigenvalue weighted by molar-refractivity contribution is 6.14. The van der Waals surface area contributed by atoms with E-state index >= 15 is 0 Å². The summed E-state index contributed by atoms with van der Waals surface area (Å²) in [6, 6.07) is 59.2. The number of aromatic nitrogens is 2. The van der Waals surface area contributed by atoms with Gasteiger partial charge in [-0.05, 0) is 106 Å². The lowest BCUT2D eigenvalue weighted by molar-refractivity contribution is 1.32. The van der Waals surface area contributed by atoms with Crippen LogP contribution in [0.1, 0.15) is 11.1 Å². The summed E-state index contributed by atoms with van der Waals surface area (Å²) in [6.45, 7) is 4.25. The molecule has 0 radical (unpaired) electrons. The molecule has 0 aliphatic carbocycles. The Morgan fingerprint density at radius 3 is 1.70 bits per heavy atom. The number of aryl methyl sites for hydroxylation is 2. The van der Waals surface area contributed by atoms with Crippen molar-refractivity contribution in [3.05, 3.63) is 181 Å². The number of benzene rings is 7. The van der Waals surface area contributed by atoms with Gasteiger partial charge in [0.1, 0.15) is 0 Å². The Hall–Kier alpha value is -6.38. The largest absolute Gasteiger partial charge is 0.256 e. The average Bonchev–Trinajstić information content (AvgIpc) is 3.17. The van der Waals surface area contributed by atoms with Crippen molar-refractivity contribution in [3.63, 3.8) is 0 Å². The average molecular weight is 639 g/mol. The van der Waals surface area contributed by atoms with E-state index < -0.39 is 0 Å². The van der Waals surface area contributed by atoms with E-state index in [-0.39, 0.29) is 0 Å². The lowest BCUT2D eigenvalue weighted by atomic mass is 9.89. The number of fused-ring (bicyclic) bond motifs is 4. The summed E-state index contributed by atoms with van der Waals surface area (Å²) in [7, 11) is 0. The Bertz CT molecular complexity index is 2640. The van der Waals surface area contributed by atoms with Crippen molar-refractivity contribution in [3.8, 4) is 55.9 Å². The van der Waals surface area contributed by atoms with Gasteiger partial charge >= 0.3 is 0 Å². The monoisotopic (exact) mass is 638 g/mol. The van der Waals surface area contributed by atoms with Gasteiger partial charge in [0.05, 0.1) is 16.9 Å². The van der Waals surface area contributed by atoms with E-state index in [1.54, 1.807) is 0 Å². The van der Waals surface area contributed by atoms with Gasteiger partial charge in [0.2, 0.25) is 0 Å². The molecule has 7 aromatic carbocycles. The summed E-state index contributed by atoms with van der Waals surface area (Å²) >= 11 is 0. The first-order valence-electron chi connectivity index (χ1n) is 17.1. The Morgan fingerprint density at radius 1 is 0.360 bits per heavy atom. The molecule has 2 aromatic heterocycles. The van der Waals surface area contributed by atoms with Crippen LogP contribution in [0, 0.1) is 13.8 Å². The molecule has 0 saturated carbocycles. The van der Waals surface area contributed by atoms with Gasteiger partial charge in [-0.15, -0.1) is 0 Å². The highest BCUT2D eigenvalue weighted by atomic mass is 14.7. The molecule has 0 atom stereocenters. The third-order valence-electron chi connectivity index (χ3n) is 9.81. The van der Waals surface area contributed by atoms with Crippen LogP contribution in [-0.4, -0.2) is 9.97 Å². The SMILES string of the molecule is Cc1ccc(-c2cc(-c3ccc(C)cc3)nc(-c3cc(-c4cc5ccccc5c5ccccc45)cc(-c4cccc5cccnc45)c3)c2)cc1. The van der Waals surface area contributed by atoms with Crippen molar-refractivity contribution >= 4 is 32.4 Å². The van der Waals surface area contributed by atoms with Crippen molar-refractivity contribution in [2.24, 2.45) is 0 Å². The maximum atomic E-state index is 5.38. The maximum Gasteiger partial charge on any atom is 0.0780 e. The molecule has 0 bridgehead atoms. The van der Waals surface area contributed by atoms with Gasteiger partial charge in [-0.2, -0.15) is 0 Å². The molecule has 0 N–H and O–H groups in total. The van der Waals surface area contributed by atoms with E-state index in [2.05, 4.69) is 172 Å². The van der Waals surface area contributed by atoms with Crippen molar-refractivity contribution in [1.29, 1.82) is 0 Å². The Morgan fingerprint density at radius 2 is 0.940 bits per heavy atom. The van der Waals surface area contributed by atoms with E-state index in [1.807, 2.05) is 12.3 Å². The van der Waals surface area contributed by atoms with Crippen LogP contribution < -0.4 is 0 Å². The molecule has 0 spiro atoms. The summed E-state index contributed by atoms with van der Waals surface area (Å²) in [4.78, 5) is 10.2. The van der Waals surface area contributed by atoms with E-state index in [0.717, 1.165) is 55.7 Å². The second-order valence-electron chi connectivity index (χ2n) is 13.2. The molecule has 0 unspecified atom stereocenters. The van der Waals surface area contributed by atoms with E-state index in [0.29, 0.717) is 0 Å². The highest BCUT2D eigenvalue weighted by Gasteiger charge is 2.16. The molecule has 2 nitrogen and oxygen atoms in total. The van der Waals surface area contributed by atoms with Crippen LogP contribution in [-0.2, 0) is 0 Å². The molecule has 50 heavy (non-hydrogen) atoms. The summed E-state index contributed by atoms with van der Waals surface area (Å²) in [5, 5.41) is 6.08. The van der Waals surface area contributed by atoms with E-state index in [9.17, 15) is 0 Å². The zero-order chi connectivity index (χ0) is 33.6. The zero-order valence-corrected chi connectivity index (χ0v) is 28.1. The Labute approximate surface area is 292 Å². The molecule has 0 amide bonds. The quantitative estimate of drug-likeness (QED) is 0.175. The van der Waals surface area contributed by atoms with Gasteiger partial charge in [-0.3, -0.25) is 4.98 Å². The third kappa shape index (κ3) is 5.41. The minimum atomic E-state index is 0.931. The van der Waals surface area contributed by atoms with Gasteiger partial charge in [-0.25, -0.2) is 4.98 Å². The molecular weight excluding hydrogens is 605 g/mol. The maximum absolute atomic E-state index is 5.38. The van der Waals surface area contributed by atoms with Gasteiger partial charge in [-0.1, -0.05) is 132 Å². The minimum absolute atomic E-state index is 0.931. The van der Waals surface area contributed by atoms with Crippen LogP contribution >= 0.6 is 0 Å². The number of para-hydroxylation sites is 1. The first-order valence-corrected chi connectivity index (χ1v) is 17.1. The molecular formula is C48H34N2. The van der Waals surface area contributed by atoms with Crippen molar-refractivity contribution in [2.75, 3.05) is 0 Å². The standard InChI is InChI=1S/C48H34N2/c1-31-16-20-33(21-17-31)37-29-46(34-22-18-32(2)19-23-34)50-47(30-37)40-26-38(42-15-7-10-35-11-8-24-49-48(35)42)25-39(27-40)45-28-36-9-3-4-12-41(36)43-13-5-6-14-44(43)45/h3-30H,1-2H3. The first-order chi connectivity index (χ1) is 24.6. The summed E-state index contributed by atoms with van der Waals surface area (Å²) in [6.07, 6.45) is 1.88. The minimum Gasteiger partial charge on any atom is -0.256 e. The van der Waals surface area contributed by atoms with Crippen molar-refractivity contribution < 1.29 is 0 Å². The van der Waals surface area contributed by atoms with Crippen LogP contribution in [0.5, 0.6) is 0 Å². The van der Waals surface area contributed by atoms with Gasteiger partial charge in [0, 0.05) is 28.3 Å². The smallest absolute Gasteiger partial charge is 0.0780 e. The van der Waals surface area contributed by atoms with Crippen LogP contribution in [0.3, 0.4) is 0 Å². The van der Waals surface area contributed by atoms with E-state index in [1.165, 1.54) is 43.8 Å². The molecule has 9 aromatic rings. The van der Waals surface area contributed by atoms with Crippen molar-refractivity contribution in [1.82, 2.24) is 9.97 Å².